The molecule has 124 valence electrons. The summed E-state index contributed by atoms with van der Waals surface area (Å²) in [6.07, 6.45) is 4.22. The number of benzene rings is 1. The topological polar surface area (TPSA) is 21.1 Å². The molecule has 0 radical (unpaired) electrons. The lowest BCUT2D eigenvalue weighted by Crippen LogP contribution is -2.34. The highest BCUT2D eigenvalue weighted by atomic mass is 35.5. The Morgan fingerprint density at radius 2 is 1.88 bits per heavy atom. The number of piperidine rings is 1. The summed E-state index contributed by atoms with van der Waals surface area (Å²) in [5.74, 6) is 0. The molecule has 1 fully saturated rings. The van der Waals surface area contributed by atoms with E-state index in [4.69, 9.17) is 11.6 Å². The van der Waals surface area contributed by atoms with Gasteiger partial charge in [-0.15, -0.1) is 11.3 Å². The van der Waals surface area contributed by atoms with E-state index in [-0.39, 0.29) is 0 Å². The van der Waals surface area contributed by atoms with Crippen molar-refractivity contribution >= 4 is 22.9 Å². The van der Waals surface area contributed by atoms with Crippen LogP contribution < -0.4 is 0 Å². The van der Waals surface area contributed by atoms with Gasteiger partial charge in [0.05, 0.1) is 16.6 Å². The van der Waals surface area contributed by atoms with Crippen molar-refractivity contribution in [1.29, 1.82) is 0 Å². The van der Waals surface area contributed by atoms with Gasteiger partial charge in [0.2, 0.25) is 0 Å². The second-order valence-corrected chi connectivity index (χ2v) is 7.66. The molecular formula is C19H20ClN3S. The number of likely N-dealkylation sites (tertiary alicyclic amines) is 1. The Morgan fingerprint density at radius 3 is 2.58 bits per heavy atom. The van der Waals surface area contributed by atoms with Gasteiger partial charge < -0.3 is 0 Å². The summed E-state index contributed by atoms with van der Waals surface area (Å²) < 4.78 is 2.23. The van der Waals surface area contributed by atoms with E-state index in [1.54, 1.807) is 11.3 Å². The molecule has 4 rings (SSSR count). The van der Waals surface area contributed by atoms with E-state index in [9.17, 15) is 0 Å². The van der Waals surface area contributed by atoms with Crippen molar-refractivity contribution in [3.8, 4) is 10.6 Å². The van der Waals surface area contributed by atoms with Gasteiger partial charge in [-0.1, -0.05) is 29.8 Å². The van der Waals surface area contributed by atoms with Gasteiger partial charge in [-0.3, -0.25) is 9.58 Å². The molecule has 5 heteroatoms. The first kappa shape index (κ1) is 15.9. The molecule has 0 N–H and O–H groups in total. The molecule has 3 nitrogen and oxygen atoms in total. The number of thiophene rings is 1. The minimum Gasteiger partial charge on any atom is -0.299 e. The van der Waals surface area contributed by atoms with Crippen molar-refractivity contribution < 1.29 is 0 Å². The number of rotatable bonds is 4. The van der Waals surface area contributed by atoms with Crippen molar-refractivity contribution in [2.45, 2.75) is 25.4 Å². The van der Waals surface area contributed by atoms with Crippen molar-refractivity contribution in [1.82, 2.24) is 14.7 Å². The lowest BCUT2D eigenvalue weighted by molar-refractivity contribution is 0.174. The normalized spacial score (nSPS) is 16.5. The number of halogens is 1. The first-order valence-corrected chi connectivity index (χ1v) is 9.59. The molecule has 24 heavy (non-hydrogen) atoms. The van der Waals surface area contributed by atoms with Gasteiger partial charge >= 0.3 is 0 Å². The summed E-state index contributed by atoms with van der Waals surface area (Å²) in [4.78, 5) is 3.82. The lowest BCUT2D eigenvalue weighted by Gasteiger charge is -2.32. The smallest absolute Gasteiger partial charge is 0.0785 e. The van der Waals surface area contributed by atoms with Gasteiger partial charge in [0.1, 0.15) is 0 Å². The van der Waals surface area contributed by atoms with E-state index < -0.39 is 0 Å². The minimum absolute atomic E-state index is 0.499. The molecule has 2 aromatic heterocycles. The molecule has 0 bridgehead atoms. The van der Waals surface area contributed by atoms with Crippen LogP contribution >= 0.6 is 22.9 Å². The molecule has 3 heterocycles. The Balaban J connectivity index is 1.40. The first-order chi connectivity index (χ1) is 11.8. The van der Waals surface area contributed by atoms with Gasteiger partial charge in [0, 0.05) is 30.9 Å². The zero-order chi connectivity index (χ0) is 16.4. The van der Waals surface area contributed by atoms with Crippen LogP contribution in [0.2, 0.25) is 5.02 Å². The predicted molar refractivity (Wildman–Crippen MR) is 101 cm³/mol. The largest absolute Gasteiger partial charge is 0.299 e. The Hall–Kier alpha value is -1.62. The third-order valence-corrected chi connectivity index (χ3v) is 5.81. The van der Waals surface area contributed by atoms with Crippen LogP contribution in [0.5, 0.6) is 0 Å². The predicted octanol–water partition coefficient (Wildman–Crippen LogP) is 5.10. The maximum Gasteiger partial charge on any atom is 0.0785 e. The van der Waals surface area contributed by atoms with Crippen molar-refractivity contribution in [2.75, 3.05) is 13.1 Å². The van der Waals surface area contributed by atoms with Crippen LogP contribution in [-0.4, -0.2) is 27.8 Å². The average Bonchev–Trinajstić information content (AvgIpc) is 3.28. The quantitative estimate of drug-likeness (QED) is 0.647. The monoisotopic (exact) mass is 357 g/mol. The summed E-state index contributed by atoms with van der Waals surface area (Å²) in [5, 5.41) is 7.53. The van der Waals surface area contributed by atoms with Gasteiger partial charge in [-0.05, 0) is 48.1 Å². The second-order valence-electron chi connectivity index (χ2n) is 6.27. The van der Waals surface area contributed by atoms with Crippen molar-refractivity contribution in [3.05, 3.63) is 64.6 Å². The third-order valence-electron chi connectivity index (χ3n) is 4.67. The molecule has 1 saturated heterocycles. The highest BCUT2D eigenvalue weighted by molar-refractivity contribution is 7.13. The summed E-state index contributed by atoms with van der Waals surface area (Å²) in [7, 11) is 0. The van der Waals surface area contributed by atoms with Gasteiger partial charge in [-0.25, -0.2) is 0 Å². The maximum atomic E-state index is 5.97. The number of hydrogen-bond acceptors (Lipinski definition) is 3. The highest BCUT2D eigenvalue weighted by Gasteiger charge is 2.23. The van der Waals surface area contributed by atoms with E-state index in [1.807, 2.05) is 18.3 Å². The highest BCUT2D eigenvalue weighted by Crippen LogP contribution is 2.31. The third kappa shape index (κ3) is 3.41. The van der Waals surface area contributed by atoms with Crippen LogP contribution in [-0.2, 0) is 6.54 Å². The first-order valence-electron chi connectivity index (χ1n) is 8.34. The molecule has 0 atom stereocenters. The van der Waals surface area contributed by atoms with E-state index >= 15 is 0 Å². The summed E-state index contributed by atoms with van der Waals surface area (Å²) in [5.41, 5.74) is 2.58. The Bertz CT molecular complexity index is 771. The molecule has 1 aliphatic rings. The van der Waals surface area contributed by atoms with Gasteiger partial charge in [0.25, 0.3) is 0 Å². The second kappa shape index (κ2) is 7.09. The van der Waals surface area contributed by atoms with E-state index in [1.165, 1.54) is 16.1 Å². The molecule has 0 unspecified atom stereocenters. The molecular weight excluding hydrogens is 338 g/mol. The number of hydrogen-bond donors (Lipinski definition) is 0. The fourth-order valence-corrected chi connectivity index (χ4v) is 4.26. The van der Waals surface area contributed by atoms with Gasteiger partial charge in [-0.2, -0.15) is 5.10 Å². The fourth-order valence-electron chi connectivity index (χ4n) is 3.39. The molecule has 3 aromatic rings. The minimum atomic E-state index is 0.499. The zero-order valence-electron chi connectivity index (χ0n) is 13.4. The average molecular weight is 358 g/mol. The SMILES string of the molecule is Clc1ccc(CN2CCC(n3nccc3-c3cccs3)CC2)cc1. The number of aromatic nitrogens is 2. The van der Waals surface area contributed by atoms with Crippen LogP contribution in [0.4, 0.5) is 0 Å². The van der Waals surface area contributed by atoms with E-state index in [0.29, 0.717) is 6.04 Å². The van der Waals surface area contributed by atoms with Gasteiger partial charge in [0.15, 0.2) is 0 Å². The Kier molecular flexibility index (Phi) is 4.69. The van der Waals surface area contributed by atoms with Crippen LogP contribution in [0.15, 0.2) is 54.0 Å². The van der Waals surface area contributed by atoms with Crippen LogP contribution in [0.1, 0.15) is 24.4 Å². The molecule has 0 spiro atoms. The molecule has 1 aliphatic heterocycles. The standard InChI is InChI=1S/C19H20ClN3S/c20-16-5-3-15(4-6-16)14-22-11-8-17(9-12-22)23-18(7-10-21-23)19-2-1-13-24-19/h1-7,10,13,17H,8-9,11-12,14H2. The van der Waals surface area contributed by atoms with Crippen molar-refractivity contribution in [2.24, 2.45) is 0 Å². The van der Waals surface area contributed by atoms with Crippen LogP contribution in [0.3, 0.4) is 0 Å². The number of nitrogens with zero attached hydrogens (tertiary/aromatic N) is 3. The zero-order valence-corrected chi connectivity index (χ0v) is 15.0. The van der Waals surface area contributed by atoms with Crippen LogP contribution in [0, 0.1) is 0 Å². The summed E-state index contributed by atoms with van der Waals surface area (Å²) in [6, 6.07) is 15.1. The van der Waals surface area contributed by atoms with E-state index in [2.05, 4.69) is 50.4 Å². The Labute approximate surface area is 151 Å². The van der Waals surface area contributed by atoms with Crippen LogP contribution in [0.25, 0.3) is 10.6 Å². The van der Waals surface area contributed by atoms with Crippen molar-refractivity contribution in [3.63, 3.8) is 0 Å². The summed E-state index contributed by atoms with van der Waals surface area (Å²) in [6.45, 7) is 3.22. The molecule has 0 amide bonds. The lowest BCUT2D eigenvalue weighted by atomic mass is 10.0. The fraction of sp³-hybridized carbons (Fsp3) is 0.316. The molecule has 0 aliphatic carbocycles. The Morgan fingerprint density at radius 1 is 1.08 bits per heavy atom. The summed E-state index contributed by atoms with van der Waals surface area (Å²) >= 11 is 7.75. The maximum absolute atomic E-state index is 5.97. The molecule has 0 saturated carbocycles. The van der Waals surface area contributed by atoms with E-state index in [0.717, 1.165) is 37.5 Å². The molecule has 1 aromatic carbocycles.